The lowest BCUT2D eigenvalue weighted by atomic mass is 9.99. The number of ether oxygens (including phenoxy) is 1. The van der Waals surface area contributed by atoms with Crippen LogP contribution >= 0.6 is 0 Å². The molecule has 0 saturated carbocycles. The number of carbonyl (C=O) groups is 1. The van der Waals surface area contributed by atoms with Gasteiger partial charge in [-0.3, -0.25) is 4.79 Å². The quantitative estimate of drug-likeness (QED) is 0.140. The van der Waals surface area contributed by atoms with E-state index in [0.717, 1.165) is 59.5 Å². The van der Waals surface area contributed by atoms with E-state index in [2.05, 4.69) is 90.5 Å². The van der Waals surface area contributed by atoms with Crippen molar-refractivity contribution in [2.75, 3.05) is 13.2 Å². The molecular formula is C37H41N3O2. The zero-order valence-electron chi connectivity index (χ0n) is 24.8. The SMILES string of the molecule is CCC(C)c1ccc(OCCCCn2c(CCNC(=O)Cc3ccc(-c4ccccc4)cc3)nc3ccccc32)cc1. The van der Waals surface area contributed by atoms with E-state index in [9.17, 15) is 4.79 Å². The highest BCUT2D eigenvalue weighted by atomic mass is 16.5. The lowest BCUT2D eigenvalue weighted by molar-refractivity contribution is -0.120. The Morgan fingerprint density at radius 1 is 0.857 bits per heavy atom. The lowest BCUT2D eigenvalue weighted by Gasteiger charge is -2.12. The molecule has 0 saturated heterocycles. The molecule has 1 amide bonds. The molecule has 0 aliphatic carbocycles. The molecule has 0 fully saturated rings. The number of aryl methyl sites for hydroxylation is 1. The number of nitrogens with zero attached hydrogens (tertiary/aromatic N) is 2. The van der Waals surface area contributed by atoms with Crippen molar-refractivity contribution in [2.45, 2.75) is 58.4 Å². The summed E-state index contributed by atoms with van der Waals surface area (Å²) in [4.78, 5) is 17.6. The van der Waals surface area contributed by atoms with Crippen LogP contribution in [0.3, 0.4) is 0 Å². The summed E-state index contributed by atoms with van der Waals surface area (Å²) in [6.45, 7) is 6.58. The van der Waals surface area contributed by atoms with E-state index in [-0.39, 0.29) is 5.91 Å². The number of amides is 1. The summed E-state index contributed by atoms with van der Waals surface area (Å²) in [6.07, 6.45) is 4.14. The van der Waals surface area contributed by atoms with Gasteiger partial charge in [0.1, 0.15) is 11.6 Å². The Labute approximate surface area is 249 Å². The number of nitrogens with one attached hydrogen (secondary N) is 1. The average Bonchev–Trinajstić information content (AvgIpc) is 3.38. The van der Waals surface area contributed by atoms with Gasteiger partial charge in [-0.05, 0) is 71.7 Å². The molecule has 1 unspecified atom stereocenters. The van der Waals surface area contributed by atoms with E-state index >= 15 is 0 Å². The van der Waals surface area contributed by atoms with Crippen molar-refractivity contribution in [3.05, 3.63) is 120 Å². The first-order valence-corrected chi connectivity index (χ1v) is 15.2. The van der Waals surface area contributed by atoms with Crippen LogP contribution in [0.2, 0.25) is 0 Å². The lowest BCUT2D eigenvalue weighted by Crippen LogP contribution is -2.28. The standard InChI is InChI=1S/C37H41N3O2/c1-3-28(2)30-19-21-33(22-20-30)42-26-10-9-25-40-35-14-8-7-13-34(35)39-36(40)23-24-38-37(41)27-29-15-17-32(18-16-29)31-11-5-4-6-12-31/h4-8,11-22,28H,3,9-10,23-27H2,1-2H3,(H,38,41). The Kier molecular flexibility index (Phi) is 10.1. The number of benzene rings is 4. The van der Waals surface area contributed by atoms with Crippen molar-refractivity contribution in [1.82, 2.24) is 14.9 Å². The van der Waals surface area contributed by atoms with Crippen LogP contribution in [-0.4, -0.2) is 28.6 Å². The van der Waals surface area contributed by atoms with Crippen LogP contribution in [0.1, 0.15) is 56.0 Å². The number of imidazole rings is 1. The maximum absolute atomic E-state index is 12.7. The van der Waals surface area contributed by atoms with Crippen LogP contribution in [0, 0.1) is 0 Å². The van der Waals surface area contributed by atoms with Crippen LogP contribution < -0.4 is 10.1 Å². The van der Waals surface area contributed by atoms with Gasteiger partial charge in [0.2, 0.25) is 5.91 Å². The summed E-state index contributed by atoms with van der Waals surface area (Å²) in [5, 5.41) is 3.09. The molecule has 0 aliphatic rings. The van der Waals surface area contributed by atoms with Gasteiger partial charge >= 0.3 is 0 Å². The molecule has 1 heterocycles. The molecule has 5 aromatic rings. The second-order valence-corrected chi connectivity index (χ2v) is 10.9. The second-order valence-electron chi connectivity index (χ2n) is 10.9. The first-order valence-electron chi connectivity index (χ1n) is 15.2. The summed E-state index contributed by atoms with van der Waals surface area (Å²) in [5.41, 5.74) is 6.83. The van der Waals surface area contributed by atoms with Crippen molar-refractivity contribution >= 4 is 16.9 Å². The van der Waals surface area contributed by atoms with Gasteiger partial charge in [-0.2, -0.15) is 0 Å². The third kappa shape index (κ3) is 7.67. The summed E-state index contributed by atoms with van der Waals surface area (Å²) in [6, 6.07) is 35.3. The maximum atomic E-state index is 12.7. The zero-order valence-corrected chi connectivity index (χ0v) is 24.8. The van der Waals surface area contributed by atoms with Crippen molar-refractivity contribution in [3.63, 3.8) is 0 Å². The van der Waals surface area contributed by atoms with Gasteiger partial charge in [0.25, 0.3) is 0 Å². The van der Waals surface area contributed by atoms with Crippen molar-refractivity contribution in [3.8, 4) is 16.9 Å². The first kappa shape index (κ1) is 29.1. The third-order valence-corrected chi connectivity index (χ3v) is 7.94. The maximum Gasteiger partial charge on any atom is 0.224 e. The van der Waals surface area contributed by atoms with Gasteiger partial charge in [0, 0.05) is 19.5 Å². The number of aromatic nitrogens is 2. The van der Waals surface area contributed by atoms with E-state index in [4.69, 9.17) is 9.72 Å². The molecular weight excluding hydrogens is 518 g/mol. The number of hydrogen-bond acceptors (Lipinski definition) is 3. The van der Waals surface area contributed by atoms with E-state index in [0.29, 0.717) is 31.9 Å². The Bertz CT molecular complexity index is 1560. The Morgan fingerprint density at radius 3 is 2.33 bits per heavy atom. The summed E-state index contributed by atoms with van der Waals surface area (Å²) >= 11 is 0. The molecule has 1 atom stereocenters. The van der Waals surface area contributed by atoms with E-state index < -0.39 is 0 Å². The van der Waals surface area contributed by atoms with Crippen molar-refractivity contribution in [1.29, 1.82) is 0 Å². The van der Waals surface area contributed by atoms with Crippen molar-refractivity contribution in [2.24, 2.45) is 0 Å². The molecule has 0 bridgehead atoms. The summed E-state index contributed by atoms with van der Waals surface area (Å²) in [7, 11) is 0. The fraction of sp³-hybridized carbons (Fsp3) is 0.297. The van der Waals surface area contributed by atoms with Crippen LogP contribution in [0.5, 0.6) is 5.75 Å². The minimum atomic E-state index is 0.0273. The van der Waals surface area contributed by atoms with Crippen molar-refractivity contribution < 1.29 is 9.53 Å². The topological polar surface area (TPSA) is 56.1 Å². The summed E-state index contributed by atoms with van der Waals surface area (Å²) < 4.78 is 8.30. The van der Waals surface area contributed by atoms with Gasteiger partial charge in [-0.25, -0.2) is 4.98 Å². The van der Waals surface area contributed by atoms with Gasteiger partial charge < -0.3 is 14.6 Å². The van der Waals surface area contributed by atoms with Gasteiger partial charge in [-0.1, -0.05) is 92.7 Å². The molecule has 216 valence electrons. The Morgan fingerprint density at radius 2 is 1.57 bits per heavy atom. The van der Waals surface area contributed by atoms with E-state index in [1.165, 1.54) is 11.1 Å². The smallest absolute Gasteiger partial charge is 0.224 e. The monoisotopic (exact) mass is 559 g/mol. The fourth-order valence-corrected chi connectivity index (χ4v) is 5.26. The van der Waals surface area contributed by atoms with Gasteiger partial charge in [-0.15, -0.1) is 0 Å². The minimum Gasteiger partial charge on any atom is -0.494 e. The largest absolute Gasteiger partial charge is 0.494 e. The normalized spacial score (nSPS) is 11.9. The van der Waals surface area contributed by atoms with Crippen LogP contribution in [-0.2, 0) is 24.2 Å². The molecule has 0 radical (unpaired) electrons. The number of rotatable bonds is 14. The number of unbranched alkanes of at least 4 members (excludes halogenated alkanes) is 1. The fourth-order valence-electron chi connectivity index (χ4n) is 5.26. The zero-order chi connectivity index (χ0) is 29.1. The minimum absolute atomic E-state index is 0.0273. The molecule has 1 aromatic heterocycles. The summed E-state index contributed by atoms with van der Waals surface area (Å²) in [5.74, 6) is 2.53. The Hall–Kier alpha value is -4.38. The molecule has 5 rings (SSSR count). The highest BCUT2D eigenvalue weighted by Crippen LogP contribution is 2.22. The molecule has 0 spiro atoms. The highest BCUT2D eigenvalue weighted by Gasteiger charge is 2.11. The molecule has 5 heteroatoms. The number of para-hydroxylation sites is 2. The van der Waals surface area contributed by atoms with E-state index in [1.807, 2.05) is 36.4 Å². The van der Waals surface area contributed by atoms with Gasteiger partial charge in [0.05, 0.1) is 24.1 Å². The molecule has 0 aliphatic heterocycles. The van der Waals surface area contributed by atoms with Gasteiger partial charge in [0.15, 0.2) is 0 Å². The molecule has 42 heavy (non-hydrogen) atoms. The predicted molar refractivity (Wildman–Crippen MR) is 172 cm³/mol. The second kappa shape index (κ2) is 14.5. The number of hydrogen-bond donors (Lipinski definition) is 1. The number of fused-ring (bicyclic) bond motifs is 1. The molecule has 1 N–H and O–H groups in total. The molecule has 4 aromatic carbocycles. The van der Waals surface area contributed by atoms with Crippen LogP contribution in [0.4, 0.5) is 0 Å². The molecule has 5 nitrogen and oxygen atoms in total. The number of carbonyl (C=O) groups excluding carboxylic acids is 1. The highest BCUT2D eigenvalue weighted by molar-refractivity contribution is 5.79. The Balaban J connectivity index is 1.10. The average molecular weight is 560 g/mol. The third-order valence-electron chi connectivity index (χ3n) is 7.94. The predicted octanol–water partition coefficient (Wildman–Crippen LogP) is 7.98. The van der Waals surface area contributed by atoms with E-state index in [1.54, 1.807) is 0 Å². The first-order chi connectivity index (χ1) is 20.6. The van der Waals surface area contributed by atoms with Crippen LogP contribution in [0.15, 0.2) is 103 Å². The van der Waals surface area contributed by atoms with Crippen LogP contribution in [0.25, 0.3) is 22.2 Å².